The van der Waals surface area contributed by atoms with E-state index in [0.717, 1.165) is 45.6 Å². The summed E-state index contributed by atoms with van der Waals surface area (Å²) in [6.07, 6.45) is 33.7. The number of unbranched alkanes of at least 4 members (excludes halogenated alkanes) is 20. The molecular formula is C39H93N5O2. The zero-order valence-corrected chi connectivity index (χ0v) is 32.7. The fraction of sp³-hybridized carbons (Fsp3) is 1.00. The monoisotopic (exact) mass is 664 g/mol. The van der Waals surface area contributed by atoms with Gasteiger partial charge in [-0.3, -0.25) is 0 Å². The minimum atomic E-state index is 0.591. The number of rotatable bonds is 31. The summed E-state index contributed by atoms with van der Waals surface area (Å²) in [6.45, 7) is 17.7. The molecule has 0 radical (unpaired) electrons. The maximum absolute atomic E-state index is 5.44. The summed E-state index contributed by atoms with van der Waals surface area (Å²) in [4.78, 5) is 0. The average Bonchev–Trinajstić information content (AvgIpc) is 3.08. The van der Waals surface area contributed by atoms with Gasteiger partial charge in [0.25, 0.3) is 0 Å². The summed E-state index contributed by atoms with van der Waals surface area (Å²) >= 11 is 0. The van der Waals surface area contributed by atoms with Gasteiger partial charge in [-0.05, 0) is 58.3 Å². The number of hydrogen-bond acceptors (Lipinski definition) is 7. The van der Waals surface area contributed by atoms with E-state index in [1.807, 2.05) is 0 Å². The van der Waals surface area contributed by atoms with E-state index < -0.39 is 0 Å². The van der Waals surface area contributed by atoms with Gasteiger partial charge in [-0.1, -0.05) is 163 Å². The van der Waals surface area contributed by atoms with Crippen molar-refractivity contribution in [3.05, 3.63) is 0 Å². The van der Waals surface area contributed by atoms with Crippen molar-refractivity contribution in [2.45, 2.75) is 195 Å². The number of hydrogen-bond donors (Lipinski definition) is 5. The quantitative estimate of drug-likeness (QED) is 0.0464. The van der Waals surface area contributed by atoms with E-state index >= 15 is 0 Å². The molecule has 0 aliphatic carbocycles. The predicted molar refractivity (Wildman–Crippen MR) is 211 cm³/mol. The molecule has 0 fully saturated rings. The molecule has 0 unspecified atom stereocenters. The van der Waals surface area contributed by atoms with Crippen molar-refractivity contribution in [2.24, 2.45) is 28.7 Å². The molecule has 0 saturated carbocycles. The Labute approximate surface area is 292 Å². The number of ether oxygens (including phenoxy) is 2. The van der Waals surface area contributed by atoms with Crippen molar-refractivity contribution in [1.29, 1.82) is 0 Å². The fourth-order valence-corrected chi connectivity index (χ4v) is 4.21. The van der Waals surface area contributed by atoms with E-state index in [2.05, 4.69) is 34.6 Å². The van der Waals surface area contributed by atoms with Crippen LogP contribution in [-0.4, -0.2) is 59.2 Å². The van der Waals surface area contributed by atoms with Gasteiger partial charge in [-0.15, -0.1) is 0 Å². The van der Waals surface area contributed by atoms with Crippen molar-refractivity contribution in [3.8, 4) is 0 Å². The van der Waals surface area contributed by atoms with Crippen LogP contribution in [0.2, 0.25) is 0 Å². The lowest BCUT2D eigenvalue weighted by Crippen LogP contribution is -2.12. The van der Waals surface area contributed by atoms with Gasteiger partial charge >= 0.3 is 0 Å². The molecule has 0 atom stereocenters. The lowest BCUT2D eigenvalue weighted by atomic mass is 10.1. The van der Waals surface area contributed by atoms with Gasteiger partial charge in [0.1, 0.15) is 0 Å². The summed E-state index contributed by atoms with van der Waals surface area (Å²) < 4.78 is 10.2. The first-order valence-corrected chi connectivity index (χ1v) is 20.2. The predicted octanol–water partition coefficient (Wildman–Crippen LogP) is 9.61. The van der Waals surface area contributed by atoms with Crippen LogP contribution in [0.15, 0.2) is 0 Å². The van der Waals surface area contributed by atoms with E-state index in [1.165, 1.54) is 148 Å². The van der Waals surface area contributed by atoms with Crippen molar-refractivity contribution in [2.75, 3.05) is 59.2 Å². The van der Waals surface area contributed by atoms with Crippen LogP contribution in [-0.2, 0) is 9.47 Å². The molecular weight excluding hydrogens is 570 g/mol. The van der Waals surface area contributed by atoms with Crippen molar-refractivity contribution in [3.63, 3.8) is 0 Å². The third-order valence-electron chi connectivity index (χ3n) is 7.19. The fourth-order valence-electron chi connectivity index (χ4n) is 4.21. The smallest absolute Gasteiger partial charge is 0.0701 e. The highest BCUT2D eigenvalue weighted by Gasteiger charge is 1.92. The lowest BCUT2D eigenvalue weighted by Gasteiger charge is -2.02. The van der Waals surface area contributed by atoms with Gasteiger partial charge in [-0.25, -0.2) is 0 Å². The van der Waals surface area contributed by atoms with Gasteiger partial charge in [0.05, 0.1) is 19.8 Å². The van der Waals surface area contributed by atoms with Crippen LogP contribution < -0.4 is 28.7 Å². The first-order chi connectivity index (χ1) is 22.6. The van der Waals surface area contributed by atoms with Crippen molar-refractivity contribution in [1.82, 2.24) is 0 Å². The Bertz CT molecular complexity index is 355. The van der Waals surface area contributed by atoms with E-state index in [-0.39, 0.29) is 0 Å². The van der Waals surface area contributed by atoms with Crippen LogP contribution in [0, 0.1) is 0 Å². The van der Waals surface area contributed by atoms with Gasteiger partial charge in [0, 0.05) is 13.2 Å². The second-order valence-electron chi connectivity index (χ2n) is 12.2. The molecule has 7 heteroatoms. The van der Waals surface area contributed by atoms with E-state index in [0.29, 0.717) is 26.4 Å². The number of nitrogens with two attached hydrogens (primary N) is 5. The Kier molecular flexibility index (Phi) is 80.3. The van der Waals surface area contributed by atoms with E-state index in [4.69, 9.17) is 38.1 Å². The minimum absolute atomic E-state index is 0.591. The van der Waals surface area contributed by atoms with E-state index in [9.17, 15) is 0 Å². The molecule has 0 heterocycles. The highest BCUT2D eigenvalue weighted by molar-refractivity contribution is 4.48. The van der Waals surface area contributed by atoms with Crippen LogP contribution in [0.1, 0.15) is 195 Å². The van der Waals surface area contributed by atoms with Crippen LogP contribution >= 0.6 is 0 Å². The van der Waals surface area contributed by atoms with Crippen molar-refractivity contribution < 1.29 is 9.47 Å². The maximum atomic E-state index is 5.44. The Morgan fingerprint density at radius 3 is 0.717 bits per heavy atom. The van der Waals surface area contributed by atoms with Crippen molar-refractivity contribution >= 4 is 0 Å². The van der Waals surface area contributed by atoms with Crippen LogP contribution in [0.4, 0.5) is 0 Å². The summed E-state index contributed by atoms with van der Waals surface area (Å²) in [6, 6.07) is 0. The molecule has 0 aromatic carbocycles. The zero-order valence-electron chi connectivity index (χ0n) is 32.7. The molecule has 46 heavy (non-hydrogen) atoms. The Hall–Kier alpha value is -0.280. The standard InChI is InChI=1S/C13H29N.C9H21N.C7H17NO2.C7H17N.C3H9N/c1-2-3-4-5-6-7-8-9-10-11-12-13-14;1-2-3-4-5-6-7-8-9-10;1-2-4-9-6-7-10-5-3-8;1-2-3-4-5-6-7-8;1-2-3-4/h2-14H2,1H3;2-10H2,1H3;2-8H2,1H3;2-8H2,1H3;2-4H2,1H3. The summed E-state index contributed by atoms with van der Waals surface area (Å²) in [5.41, 5.74) is 26.3. The molecule has 0 aliphatic rings. The van der Waals surface area contributed by atoms with Gasteiger partial charge in [0.2, 0.25) is 0 Å². The highest BCUT2D eigenvalue weighted by atomic mass is 16.5. The first-order valence-electron chi connectivity index (χ1n) is 20.2. The molecule has 0 aliphatic heterocycles. The Morgan fingerprint density at radius 1 is 0.239 bits per heavy atom. The van der Waals surface area contributed by atoms with Gasteiger partial charge in [0.15, 0.2) is 0 Å². The van der Waals surface area contributed by atoms with E-state index in [1.54, 1.807) is 0 Å². The normalized spacial score (nSPS) is 10.0. The van der Waals surface area contributed by atoms with Crippen LogP contribution in [0.5, 0.6) is 0 Å². The Morgan fingerprint density at radius 2 is 0.500 bits per heavy atom. The molecule has 0 amide bonds. The average molecular weight is 664 g/mol. The molecule has 0 rings (SSSR count). The molecule has 7 nitrogen and oxygen atoms in total. The molecule has 0 aromatic heterocycles. The topological polar surface area (TPSA) is 149 Å². The second kappa shape index (κ2) is 67.0. The summed E-state index contributed by atoms with van der Waals surface area (Å²) in [7, 11) is 0. The van der Waals surface area contributed by atoms with Gasteiger partial charge in [-0.2, -0.15) is 0 Å². The maximum Gasteiger partial charge on any atom is 0.0701 e. The second-order valence-corrected chi connectivity index (χ2v) is 12.2. The third kappa shape index (κ3) is 84.5. The first kappa shape index (κ1) is 55.1. The largest absolute Gasteiger partial charge is 0.379 e. The third-order valence-corrected chi connectivity index (χ3v) is 7.19. The molecule has 0 saturated heterocycles. The zero-order chi connectivity index (χ0) is 35.5. The SMILES string of the molecule is CCCCCCCCCCCCCN.CCCCCCCCCN.CCCCCCCN.CCCN.CCCOCCOCCN. The molecule has 10 N–H and O–H groups in total. The molecule has 0 bridgehead atoms. The molecule has 0 aromatic rings. The molecule has 0 spiro atoms. The molecule has 286 valence electrons. The van der Waals surface area contributed by atoms with Gasteiger partial charge < -0.3 is 38.1 Å². The minimum Gasteiger partial charge on any atom is -0.379 e. The highest BCUT2D eigenvalue weighted by Crippen LogP contribution is 2.11. The van der Waals surface area contributed by atoms with Crippen LogP contribution in [0.25, 0.3) is 0 Å². The summed E-state index contributed by atoms with van der Waals surface area (Å²) in [5, 5.41) is 0. The van der Waals surface area contributed by atoms with Crippen LogP contribution in [0.3, 0.4) is 0 Å². The lowest BCUT2D eigenvalue weighted by molar-refractivity contribution is 0.0510. The summed E-state index contributed by atoms with van der Waals surface area (Å²) in [5.74, 6) is 0. The Balaban J connectivity index is -0.000000159.